The average Bonchev–Trinajstić information content (AvgIpc) is 2.27. The minimum Gasteiger partial charge on any atom is -0.496 e. The number of carboxylic acids is 1. The minimum absolute atomic E-state index is 0.201. The van der Waals surface area contributed by atoms with E-state index in [9.17, 15) is 4.79 Å². The number of rotatable bonds is 6. The van der Waals surface area contributed by atoms with Gasteiger partial charge in [-0.15, -0.1) is 0 Å². The molecule has 1 atom stereocenters. The largest absolute Gasteiger partial charge is 0.496 e. The van der Waals surface area contributed by atoms with Crippen molar-refractivity contribution in [3.8, 4) is 5.75 Å². The third-order valence-corrected chi connectivity index (χ3v) is 3.25. The Kier molecular flexibility index (Phi) is 5.48. The van der Waals surface area contributed by atoms with Gasteiger partial charge in [0.05, 0.1) is 7.11 Å². The van der Waals surface area contributed by atoms with Crippen molar-refractivity contribution in [3.63, 3.8) is 0 Å². The SMILES string of the molecule is COc1c(C)cc(Cl)cc1C(C)CCCC(=O)O. The predicted molar refractivity (Wildman–Crippen MR) is 72.6 cm³/mol. The molecule has 0 heterocycles. The molecule has 1 aromatic rings. The van der Waals surface area contributed by atoms with Crippen LogP contribution in [0, 0.1) is 6.92 Å². The van der Waals surface area contributed by atoms with Crippen LogP contribution in [0.25, 0.3) is 0 Å². The highest BCUT2D eigenvalue weighted by molar-refractivity contribution is 6.30. The van der Waals surface area contributed by atoms with Gasteiger partial charge in [-0.05, 0) is 48.9 Å². The minimum atomic E-state index is -0.753. The van der Waals surface area contributed by atoms with Gasteiger partial charge in [0.1, 0.15) is 5.75 Å². The Morgan fingerprint density at radius 2 is 2.17 bits per heavy atom. The summed E-state index contributed by atoms with van der Waals surface area (Å²) in [5.41, 5.74) is 2.05. The summed E-state index contributed by atoms with van der Waals surface area (Å²) in [6, 6.07) is 3.77. The number of aryl methyl sites for hydroxylation is 1. The Morgan fingerprint density at radius 3 is 2.72 bits per heavy atom. The van der Waals surface area contributed by atoms with Gasteiger partial charge in [0.25, 0.3) is 0 Å². The maximum absolute atomic E-state index is 10.5. The highest BCUT2D eigenvalue weighted by Gasteiger charge is 2.15. The van der Waals surface area contributed by atoms with Crippen LogP contribution in [0.1, 0.15) is 43.2 Å². The van der Waals surface area contributed by atoms with Crippen molar-refractivity contribution >= 4 is 17.6 Å². The number of hydrogen-bond donors (Lipinski definition) is 1. The number of methoxy groups -OCH3 is 1. The van der Waals surface area contributed by atoms with E-state index in [1.54, 1.807) is 7.11 Å². The zero-order valence-corrected chi connectivity index (χ0v) is 11.8. The number of halogens is 1. The van der Waals surface area contributed by atoms with E-state index >= 15 is 0 Å². The fourth-order valence-corrected chi connectivity index (χ4v) is 2.40. The molecule has 18 heavy (non-hydrogen) atoms. The first-order valence-corrected chi connectivity index (χ1v) is 6.39. The molecular formula is C14H19ClO3. The number of carbonyl (C=O) groups is 1. The van der Waals surface area contributed by atoms with Crippen molar-refractivity contribution in [2.75, 3.05) is 7.11 Å². The van der Waals surface area contributed by atoms with Crippen molar-refractivity contribution in [2.24, 2.45) is 0 Å². The molecular weight excluding hydrogens is 252 g/mol. The standard InChI is InChI=1S/C14H19ClO3/c1-9(5-4-6-13(16)17)12-8-11(15)7-10(2)14(12)18-3/h7-9H,4-6H2,1-3H3,(H,16,17). The van der Waals surface area contributed by atoms with Gasteiger partial charge in [0.2, 0.25) is 0 Å². The van der Waals surface area contributed by atoms with Crippen molar-refractivity contribution in [2.45, 2.75) is 39.0 Å². The molecule has 0 bridgehead atoms. The predicted octanol–water partition coefficient (Wildman–Crippen LogP) is 4.02. The molecule has 100 valence electrons. The lowest BCUT2D eigenvalue weighted by atomic mass is 9.93. The summed E-state index contributed by atoms with van der Waals surface area (Å²) in [6.07, 6.45) is 1.67. The van der Waals surface area contributed by atoms with Crippen molar-refractivity contribution in [1.82, 2.24) is 0 Å². The van der Waals surface area contributed by atoms with Crippen LogP contribution in [-0.2, 0) is 4.79 Å². The third kappa shape index (κ3) is 3.91. The second-order valence-corrected chi connectivity index (χ2v) is 4.97. The molecule has 0 saturated carbocycles. The van der Waals surface area contributed by atoms with E-state index in [0.717, 1.165) is 23.3 Å². The van der Waals surface area contributed by atoms with Crippen molar-refractivity contribution < 1.29 is 14.6 Å². The van der Waals surface area contributed by atoms with E-state index in [2.05, 4.69) is 6.92 Å². The maximum atomic E-state index is 10.5. The van der Waals surface area contributed by atoms with E-state index in [0.29, 0.717) is 11.4 Å². The number of ether oxygens (including phenoxy) is 1. The lowest BCUT2D eigenvalue weighted by Crippen LogP contribution is -2.02. The Balaban J connectivity index is 2.83. The van der Waals surface area contributed by atoms with E-state index in [1.165, 1.54) is 0 Å². The van der Waals surface area contributed by atoms with Gasteiger partial charge in [0, 0.05) is 11.4 Å². The monoisotopic (exact) mass is 270 g/mol. The van der Waals surface area contributed by atoms with Crippen LogP contribution >= 0.6 is 11.6 Å². The van der Waals surface area contributed by atoms with Gasteiger partial charge >= 0.3 is 5.97 Å². The van der Waals surface area contributed by atoms with Crippen LogP contribution in [-0.4, -0.2) is 18.2 Å². The first-order chi connectivity index (χ1) is 8.45. The van der Waals surface area contributed by atoms with Gasteiger partial charge in [0.15, 0.2) is 0 Å². The molecule has 0 aliphatic rings. The molecule has 3 nitrogen and oxygen atoms in total. The third-order valence-electron chi connectivity index (χ3n) is 3.03. The Bertz CT molecular complexity index is 429. The van der Waals surface area contributed by atoms with E-state index in [-0.39, 0.29) is 12.3 Å². The number of benzene rings is 1. The Labute approximate surface area is 113 Å². The second kappa shape index (κ2) is 6.64. The lowest BCUT2D eigenvalue weighted by molar-refractivity contribution is -0.137. The van der Waals surface area contributed by atoms with E-state index in [4.69, 9.17) is 21.4 Å². The van der Waals surface area contributed by atoms with Gasteiger partial charge in [-0.3, -0.25) is 4.79 Å². The van der Waals surface area contributed by atoms with E-state index < -0.39 is 5.97 Å². The summed E-state index contributed by atoms with van der Waals surface area (Å²) < 4.78 is 5.40. The highest BCUT2D eigenvalue weighted by Crippen LogP contribution is 2.35. The molecule has 0 aromatic heterocycles. The van der Waals surface area contributed by atoms with Crippen LogP contribution in [0.2, 0.25) is 5.02 Å². The quantitative estimate of drug-likeness (QED) is 0.849. The Hall–Kier alpha value is -1.22. The van der Waals surface area contributed by atoms with Crippen LogP contribution in [0.5, 0.6) is 5.75 Å². The summed E-state index contributed by atoms with van der Waals surface area (Å²) in [7, 11) is 1.64. The molecule has 0 spiro atoms. The number of aliphatic carboxylic acids is 1. The zero-order valence-electron chi connectivity index (χ0n) is 11.0. The molecule has 1 unspecified atom stereocenters. The smallest absolute Gasteiger partial charge is 0.303 e. The van der Waals surface area contributed by atoms with Crippen molar-refractivity contribution in [1.29, 1.82) is 0 Å². The highest BCUT2D eigenvalue weighted by atomic mass is 35.5. The first-order valence-electron chi connectivity index (χ1n) is 6.01. The molecule has 4 heteroatoms. The van der Waals surface area contributed by atoms with E-state index in [1.807, 2.05) is 19.1 Å². The molecule has 0 amide bonds. The normalized spacial score (nSPS) is 12.2. The molecule has 0 saturated heterocycles. The lowest BCUT2D eigenvalue weighted by Gasteiger charge is -2.17. The Morgan fingerprint density at radius 1 is 1.50 bits per heavy atom. The summed E-state index contributed by atoms with van der Waals surface area (Å²) >= 11 is 6.06. The average molecular weight is 271 g/mol. The summed E-state index contributed by atoms with van der Waals surface area (Å²) in [6.45, 7) is 4.02. The van der Waals surface area contributed by atoms with Crippen molar-refractivity contribution in [3.05, 3.63) is 28.3 Å². The van der Waals surface area contributed by atoms with Gasteiger partial charge < -0.3 is 9.84 Å². The van der Waals surface area contributed by atoms with Crippen LogP contribution in [0.15, 0.2) is 12.1 Å². The molecule has 1 aromatic carbocycles. The fourth-order valence-electron chi connectivity index (χ4n) is 2.12. The van der Waals surface area contributed by atoms with Gasteiger partial charge in [-0.25, -0.2) is 0 Å². The maximum Gasteiger partial charge on any atom is 0.303 e. The molecule has 0 radical (unpaired) electrons. The fraction of sp³-hybridized carbons (Fsp3) is 0.500. The summed E-state index contributed by atoms with van der Waals surface area (Å²) in [4.78, 5) is 10.5. The number of carboxylic acid groups (broad SMARTS) is 1. The summed E-state index contributed by atoms with van der Waals surface area (Å²) in [5.74, 6) is 0.329. The molecule has 1 N–H and O–H groups in total. The van der Waals surface area contributed by atoms with Crippen LogP contribution in [0.3, 0.4) is 0 Å². The first kappa shape index (κ1) is 14.8. The molecule has 0 fully saturated rings. The number of hydrogen-bond acceptors (Lipinski definition) is 2. The second-order valence-electron chi connectivity index (χ2n) is 4.53. The molecule has 0 aliphatic heterocycles. The molecule has 0 aliphatic carbocycles. The van der Waals surface area contributed by atoms with Gasteiger partial charge in [-0.1, -0.05) is 18.5 Å². The van der Waals surface area contributed by atoms with Crippen LogP contribution in [0.4, 0.5) is 0 Å². The topological polar surface area (TPSA) is 46.5 Å². The van der Waals surface area contributed by atoms with Crippen LogP contribution < -0.4 is 4.74 Å². The summed E-state index contributed by atoms with van der Waals surface area (Å²) in [5, 5.41) is 9.33. The molecule has 1 rings (SSSR count). The van der Waals surface area contributed by atoms with Gasteiger partial charge in [-0.2, -0.15) is 0 Å². The zero-order chi connectivity index (χ0) is 13.7.